The standard InChI is InChI=1S/C18H26ClN3O2/c1-3-4-5-17(23)20-15-8-10-22(11-9-15)18(24)21-16-7-6-14(19)12-13(16)2/h6-7,12,15H,3-5,8-11H2,1-2H3,(H,20,23)(H,21,24). The van der Waals surface area contributed by atoms with Crippen LogP contribution in [0.15, 0.2) is 18.2 Å². The summed E-state index contributed by atoms with van der Waals surface area (Å²) in [6.07, 6.45) is 4.13. The number of carbonyl (C=O) groups excluding carboxylic acids is 2. The number of likely N-dealkylation sites (tertiary alicyclic amines) is 1. The van der Waals surface area contributed by atoms with Gasteiger partial charge in [-0.25, -0.2) is 4.79 Å². The number of carbonyl (C=O) groups is 2. The average molecular weight is 352 g/mol. The van der Waals surface area contributed by atoms with E-state index in [1.165, 1.54) is 0 Å². The van der Waals surface area contributed by atoms with Gasteiger partial charge in [-0.3, -0.25) is 4.79 Å². The summed E-state index contributed by atoms with van der Waals surface area (Å²) < 4.78 is 0. The zero-order chi connectivity index (χ0) is 17.5. The largest absolute Gasteiger partial charge is 0.353 e. The van der Waals surface area contributed by atoms with Crippen LogP contribution in [0.2, 0.25) is 5.02 Å². The fourth-order valence-corrected chi connectivity index (χ4v) is 3.05. The van der Waals surface area contributed by atoms with E-state index in [1.54, 1.807) is 11.0 Å². The summed E-state index contributed by atoms with van der Waals surface area (Å²) in [5, 5.41) is 6.66. The Bertz CT molecular complexity index is 584. The van der Waals surface area contributed by atoms with E-state index in [0.29, 0.717) is 24.5 Å². The Morgan fingerprint density at radius 3 is 2.62 bits per heavy atom. The highest BCUT2D eigenvalue weighted by atomic mass is 35.5. The highest BCUT2D eigenvalue weighted by Gasteiger charge is 2.24. The van der Waals surface area contributed by atoms with Crippen LogP contribution in [0.25, 0.3) is 0 Å². The number of halogens is 1. The summed E-state index contributed by atoms with van der Waals surface area (Å²) in [6, 6.07) is 5.49. The van der Waals surface area contributed by atoms with Gasteiger partial charge in [-0.05, 0) is 49.9 Å². The van der Waals surface area contributed by atoms with E-state index in [2.05, 4.69) is 17.6 Å². The third-order valence-corrected chi connectivity index (χ3v) is 4.57. The van der Waals surface area contributed by atoms with Crippen molar-refractivity contribution in [3.8, 4) is 0 Å². The molecule has 24 heavy (non-hydrogen) atoms. The van der Waals surface area contributed by atoms with Crippen molar-refractivity contribution >= 4 is 29.2 Å². The zero-order valence-electron chi connectivity index (χ0n) is 14.4. The minimum atomic E-state index is -0.101. The Hall–Kier alpha value is -1.75. The van der Waals surface area contributed by atoms with E-state index >= 15 is 0 Å². The number of unbranched alkanes of at least 4 members (excludes halogenated alkanes) is 1. The van der Waals surface area contributed by atoms with Gasteiger partial charge in [0.15, 0.2) is 0 Å². The molecule has 1 aliphatic rings. The summed E-state index contributed by atoms with van der Waals surface area (Å²) in [5.74, 6) is 0.122. The van der Waals surface area contributed by atoms with Crippen LogP contribution in [0.1, 0.15) is 44.6 Å². The number of piperidine rings is 1. The van der Waals surface area contributed by atoms with Crippen molar-refractivity contribution in [2.75, 3.05) is 18.4 Å². The second-order valence-electron chi connectivity index (χ2n) is 6.32. The van der Waals surface area contributed by atoms with Crippen LogP contribution in [0.5, 0.6) is 0 Å². The number of nitrogens with one attached hydrogen (secondary N) is 2. The second kappa shape index (κ2) is 8.92. The SMILES string of the molecule is CCCCC(=O)NC1CCN(C(=O)Nc2ccc(Cl)cc2C)CC1. The van der Waals surface area contributed by atoms with Crippen LogP contribution in [0.3, 0.4) is 0 Å². The molecule has 1 aromatic rings. The minimum Gasteiger partial charge on any atom is -0.353 e. The summed E-state index contributed by atoms with van der Waals surface area (Å²) in [6.45, 7) is 5.29. The summed E-state index contributed by atoms with van der Waals surface area (Å²) in [7, 11) is 0. The molecule has 0 radical (unpaired) electrons. The highest BCUT2D eigenvalue weighted by Crippen LogP contribution is 2.20. The van der Waals surface area contributed by atoms with E-state index in [-0.39, 0.29) is 18.0 Å². The maximum absolute atomic E-state index is 12.4. The molecule has 6 heteroatoms. The zero-order valence-corrected chi connectivity index (χ0v) is 15.2. The number of aryl methyl sites for hydroxylation is 1. The van der Waals surface area contributed by atoms with E-state index in [4.69, 9.17) is 11.6 Å². The summed E-state index contributed by atoms with van der Waals surface area (Å²) in [5.41, 5.74) is 1.72. The van der Waals surface area contributed by atoms with Crippen molar-refractivity contribution in [1.82, 2.24) is 10.2 Å². The van der Waals surface area contributed by atoms with Gasteiger partial charge in [0.25, 0.3) is 0 Å². The van der Waals surface area contributed by atoms with Gasteiger partial charge in [0.1, 0.15) is 0 Å². The van der Waals surface area contributed by atoms with E-state index in [0.717, 1.165) is 36.9 Å². The van der Waals surface area contributed by atoms with Crippen LogP contribution in [-0.4, -0.2) is 36.0 Å². The minimum absolute atomic E-state index is 0.101. The van der Waals surface area contributed by atoms with Gasteiger partial charge in [0.2, 0.25) is 5.91 Å². The van der Waals surface area contributed by atoms with E-state index < -0.39 is 0 Å². The highest BCUT2D eigenvalue weighted by molar-refractivity contribution is 6.30. The van der Waals surface area contributed by atoms with Crippen molar-refractivity contribution < 1.29 is 9.59 Å². The predicted molar refractivity (Wildman–Crippen MR) is 97.5 cm³/mol. The first kappa shape index (κ1) is 18.6. The molecule has 0 spiro atoms. The number of benzene rings is 1. The van der Waals surface area contributed by atoms with Gasteiger partial charge in [-0.15, -0.1) is 0 Å². The Balaban J connectivity index is 1.79. The Kier molecular flexibility index (Phi) is 6.91. The Labute approximate surface area is 148 Å². The Morgan fingerprint density at radius 1 is 1.29 bits per heavy atom. The van der Waals surface area contributed by atoms with Crippen LogP contribution in [-0.2, 0) is 4.79 Å². The van der Waals surface area contributed by atoms with Crippen molar-refractivity contribution in [3.63, 3.8) is 0 Å². The lowest BCUT2D eigenvalue weighted by molar-refractivity contribution is -0.122. The van der Waals surface area contributed by atoms with Crippen LogP contribution < -0.4 is 10.6 Å². The lowest BCUT2D eigenvalue weighted by Crippen LogP contribution is -2.47. The molecule has 0 bridgehead atoms. The first-order chi connectivity index (χ1) is 11.5. The molecule has 1 fully saturated rings. The second-order valence-corrected chi connectivity index (χ2v) is 6.76. The molecule has 0 atom stereocenters. The smallest absolute Gasteiger partial charge is 0.321 e. The van der Waals surface area contributed by atoms with E-state index in [1.807, 2.05) is 19.1 Å². The average Bonchev–Trinajstić information content (AvgIpc) is 2.56. The molecule has 0 aromatic heterocycles. The molecule has 2 N–H and O–H groups in total. The monoisotopic (exact) mass is 351 g/mol. The van der Waals surface area contributed by atoms with Crippen molar-refractivity contribution in [2.45, 2.75) is 52.0 Å². The summed E-state index contributed by atoms with van der Waals surface area (Å²) in [4.78, 5) is 25.9. The molecule has 0 saturated carbocycles. The van der Waals surface area contributed by atoms with Gasteiger partial charge in [-0.1, -0.05) is 24.9 Å². The predicted octanol–water partition coefficient (Wildman–Crippen LogP) is 3.95. The molecule has 0 unspecified atom stereocenters. The topological polar surface area (TPSA) is 61.4 Å². The van der Waals surface area contributed by atoms with Gasteiger partial charge < -0.3 is 15.5 Å². The number of nitrogens with zero attached hydrogens (tertiary/aromatic N) is 1. The molecule has 1 aliphatic heterocycles. The fourth-order valence-electron chi connectivity index (χ4n) is 2.83. The van der Waals surface area contributed by atoms with Crippen molar-refractivity contribution in [2.24, 2.45) is 0 Å². The van der Waals surface area contributed by atoms with Crippen molar-refractivity contribution in [3.05, 3.63) is 28.8 Å². The van der Waals surface area contributed by atoms with E-state index in [9.17, 15) is 9.59 Å². The van der Waals surface area contributed by atoms with Gasteiger partial charge in [0, 0.05) is 36.3 Å². The number of amides is 3. The van der Waals surface area contributed by atoms with Crippen molar-refractivity contribution in [1.29, 1.82) is 0 Å². The third kappa shape index (κ3) is 5.41. The maximum atomic E-state index is 12.4. The first-order valence-electron chi connectivity index (χ1n) is 8.61. The van der Waals surface area contributed by atoms with Gasteiger partial charge >= 0.3 is 6.03 Å². The molecule has 5 nitrogen and oxygen atoms in total. The quantitative estimate of drug-likeness (QED) is 0.843. The summed E-state index contributed by atoms with van der Waals surface area (Å²) >= 11 is 5.93. The van der Waals surface area contributed by atoms with Gasteiger partial charge in [0.05, 0.1) is 0 Å². The molecule has 132 valence electrons. The molecular formula is C18H26ClN3O2. The first-order valence-corrected chi connectivity index (χ1v) is 8.99. The maximum Gasteiger partial charge on any atom is 0.321 e. The molecular weight excluding hydrogens is 326 g/mol. The van der Waals surface area contributed by atoms with Crippen LogP contribution >= 0.6 is 11.6 Å². The molecule has 1 heterocycles. The van der Waals surface area contributed by atoms with Crippen LogP contribution in [0, 0.1) is 6.92 Å². The lowest BCUT2D eigenvalue weighted by atomic mass is 10.0. The van der Waals surface area contributed by atoms with Crippen LogP contribution in [0.4, 0.5) is 10.5 Å². The number of hydrogen-bond acceptors (Lipinski definition) is 2. The molecule has 1 aromatic carbocycles. The van der Waals surface area contributed by atoms with Gasteiger partial charge in [-0.2, -0.15) is 0 Å². The number of urea groups is 1. The molecule has 1 saturated heterocycles. The molecule has 2 rings (SSSR count). The third-order valence-electron chi connectivity index (χ3n) is 4.33. The number of rotatable bonds is 5. The number of anilines is 1. The normalized spacial score (nSPS) is 15.2. The lowest BCUT2D eigenvalue weighted by Gasteiger charge is -2.32. The number of hydrogen-bond donors (Lipinski definition) is 2. The Morgan fingerprint density at radius 2 is 2.00 bits per heavy atom. The molecule has 3 amide bonds. The molecule has 0 aliphatic carbocycles. The fraction of sp³-hybridized carbons (Fsp3) is 0.556.